The van der Waals surface area contributed by atoms with Gasteiger partial charge in [-0.3, -0.25) is 18.7 Å². The molecule has 0 aromatic carbocycles. The molecule has 34 heteroatoms. The van der Waals surface area contributed by atoms with E-state index >= 15 is 0 Å². The Bertz CT molecular complexity index is 2970. The SMILES string of the molecule is C=C(C)CCC[C@]1(C)OC(=O)[C@]23CC[C@H]4C(=CC[C@H]5C(C)(C)[C@@H](O[C@@H]6OC[C@@H](OS(=O)(=O)O)[C@H](O)[C@H]6O[C@@H]6O[C@H](C)[C@@H](O[C@@H]7O[C@H](CO)[C@@H](O)[C@H](O[C@@H]8O[C@H](COS(=O)(=O)O)[C@@H](O)[C@H](OC)[C@H]8O)[C@H]7O)[C@H](O)[C@H]6O[C@@H]6OC[C@@H](O)[C@H](O)[C@H]6O)CC[C@]45C)[C@]2(C)CC(=O)[C@@H]31. The maximum absolute atomic E-state index is 14.5. The number of Topliss-reactive ketones (excluding diaryl/α,β-unsaturated/α-hetero) is 1. The van der Waals surface area contributed by atoms with Crippen LogP contribution in [0.25, 0.3) is 0 Å². The summed E-state index contributed by atoms with van der Waals surface area (Å²) >= 11 is 0. The van der Waals surface area contributed by atoms with Crippen LogP contribution in [0.5, 0.6) is 0 Å². The molecule has 93 heavy (non-hydrogen) atoms. The molecule has 0 bridgehead atoms. The van der Waals surface area contributed by atoms with Gasteiger partial charge in [0, 0.05) is 18.9 Å². The lowest BCUT2D eigenvalue weighted by atomic mass is 9.41. The van der Waals surface area contributed by atoms with Crippen molar-refractivity contribution < 1.29 is 152 Å². The van der Waals surface area contributed by atoms with Crippen molar-refractivity contribution in [2.75, 3.05) is 33.5 Å². The van der Waals surface area contributed by atoms with Crippen molar-refractivity contribution in [3.05, 3.63) is 23.8 Å². The molecule has 12 N–H and O–H groups in total. The lowest BCUT2D eigenvalue weighted by Gasteiger charge is -2.63. The van der Waals surface area contributed by atoms with E-state index in [9.17, 15) is 86.6 Å². The highest BCUT2D eigenvalue weighted by Crippen LogP contribution is 2.75. The molecule has 0 aromatic heterocycles. The minimum Gasteiger partial charge on any atom is -0.458 e. The Kier molecular flexibility index (Phi) is 21.4. The van der Waals surface area contributed by atoms with Crippen LogP contribution in [0.4, 0.5) is 0 Å². The van der Waals surface area contributed by atoms with Crippen LogP contribution in [-0.2, 0) is 95.6 Å². The highest BCUT2D eigenvalue weighted by molar-refractivity contribution is 7.81. The second-order valence-electron chi connectivity index (χ2n) is 28.2. The number of carbonyl (C=O) groups is 2. The minimum absolute atomic E-state index is 0.0236. The number of rotatable bonds is 21. The Morgan fingerprint density at radius 3 is 1.94 bits per heavy atom. The van der Waals surface area contributed by atoms with E-state index < -0.39 is 228 Å². The third-order valence-electron chi connectivity index (χ3n) is 22.0. The van der Waals surface area contributed by atoms with E-state index in [-0.39, 0.29) is 30.0 Å². The molecule has 10 aliphatic rings. The number of allylic oxidation sites excluding steroid dienone is 3. The standard InChI is InChI=1S/C59H92O32S2/c1-24(2)11-10-16-58(8)48-28(61)19-57(7)27-12-13-33-55(4,5)34(15-17-56(33,6)26(27)14-18-59(48,57)54(71)90-58)85-52-46(38(66)32(22-80-52)91-93(75,76)77)89-53-47(88-49-39(67)35(63)29(62)21-79-49)40(68)43(25(3)82-53)86-51-42(70)45(36(64)30(20-60)83-51)87-50-41(69)44(78-9)37(65)31(84-50)23-81-92(72,73)74/h12,25-26,29-53,60,62-70H,1,10-11,13-23H2,2-9H3,(H,72,73,74)(H,75,76,77)/t25-,26+,29-,30-,31-,32-,33+,34+,35+,36-,37-,38+,39-,40+,41-,42-,43-,44+,45+,46-,47-,48-,49+,50+,51+,52+,53+,56-,57+,58+,59-/m1/s1. The van der Waals surface area contributed by atoms with Crippen LogP contribution >= 0.6 is 0 Å². The van der Waals surface area contributed by atoms with E-state index in [1.165, 1.54) is 6.92 Å². The van der Waals surface area contributed by atoms with Gasteiger partial charge in [0.2, 0.25) is 0 Å². The summed E-state index contributed by atoms with van der Waals surface area (Å²) in [5.74, 6) is -1.07. The molecule has 0 unspecified atom stereocenters. The zero-order valence-corrected chi connectivity index (χ0v) is 54.5. The van der Waals surface area contributed by atoms with Gasteiger partial charge >= 0.3 is 26.8 Å². The normalized spacial score (nSPS) is 49.2. The maximum Gasteiger partial charge on any atom is 0.397 e. The van der Waals surface area contributed by atoms with Gasteiger partial charge in [0.05, 0.1) is 50.0 Å². The van der Waals surface area contributed by atoms with E-state index in [0.717, 1.165) is 24.7 Å². The predicted molar refractivity (Wildman–Crippen MR) is 308 cm³/mol. The van der Waals surface area contributed by atoms with Crippen molar-refractivity contribution in [1.29, 1.82) is 0 Å². The summed E-state index contributed by atoms with van der Waals surface area (Å²) in [6, 6.07) is 0. The second-order valence-corrected chi connectivity index (χ2v) is 30.3. The van der Waals surface area contributed by atoms with E-state index in [1.54, 1.807) is 0 Å². The average molecular weight is 1380 g/mol. The van der Waals surface area contributed by atoms with Crippen LogP contribution < -0.4 is 0 Å². The molecule has 9 fully saturated rings. The first-order valence-electron chi connectivity index (χ1n) is 31.5. The minimum atomic E-state index is -5.30. The first-order valence-corrected chi connectivity index (χ1v) is 34.2. The number of cyclic esters (lactones) is 1. The van der Waals surface area contributed by atoms with Crippen LogP contribution in [0.2, 0.25) is 0 Å². The molecule has 4 aliphatic carbocycles. The van der Waals surface area contributed by atoms with E-state index in [4.69, 9.17) is 61.0 Å². The Morgan fingerprint density at radius 1 is 0.677 bits per heavy atom. The van der Waals surface area contributed by atoms with Crippen molar-refractivity contribution in [3.8, 4) is 0 Å². The lowest BCUT2D eigenvalue weighted by Crippen LogP contribution is -2.68. The summed E-state index contributed by atoms with van der Waals surface area (Å²) in [5.41, 5.74) is -1.86. The van der Waals surface area contributed by atoms with Crippen molar-refractivity contribution in [3.63, 3.8) is 0 Å². The Labute approximate surface area is 538 Å². The molecule has 6 heterocycles. The monoisotopic (exact) mass is 1380 g/mol. The molecule has 31 atom stereocenters. The summed E-state index contributed by atoms with van der Waals surface area (Å²) in [5, 5.41) is 112. The summed E-state index contributed by atoms with van der Waals surface area (Å²) in [6.45, 7) is 14.2. The highest BCUT2D eigenvalue weighted by atomic mass is 32.3. The highest BCUT2D eigenvalue weighted by Gasteiger charge is 2.79. The van der Waals surface area contributed by atoms with Crippen molar-refractivity contribution in [2.24, 2.45) is 39.4 Å². The third-order valence-corrected chi connectivity index (χ3v) is 23.0. The van der Waals surface area contributed by atoms with Gasteiger partial charge in [0.1, 0.15) is 115 Å². The first kappa shape index (κ1) is 73.2. The van der Waals surface area contributed by atoms with Gasteiger partial charge in [0.15, 0.2) is 31.5 Å². The van der Waals surface area contributed by atoms with E-state index in [1.807, 2.05) is 27.7 Å². The molecule has 6 saturated heterocycles. The molecule has 10 rings (SSSR count). The van der Waals surface area contributed by atoms with Gasteiger partial charge in [-0.1, -0.05) is 44.9 Å². The van der Waals surface area contributed by atoms with Crippen molar-refractivity contribution in [1.82, 2.24) is 0 Å². The van der Waals surface area contributed by atoms with E-state index in [2.05, 4.69) is 30.7 Å². The van der Waals surface area contributed by atoms with Gasteiger partial charge in [0.25, 0.3) is 0 Å². The number of ketones is 1. The Hall–Kier alpha value is -2.48. The van der Waals surface area contributed by atoms with Crippen LogP contribution in [0, 0.1) is 39.4 Å². The molecule has 3 saturated carbocycles. The van der Waals surface area contributed by atoms with Crippen molar-refractivity contribution in [2.45, 2.75) is 259 Å². The zero-order valence-electron chi connectivity index (χ0n) is 52.9. The topological polar surface area (TPSA) is 474 Å². The first-order chi connectivity index (χ1) is 43.4. The number of aliphatic hydroxyl groups excluding tert-OH is 10. The molecular weight excluding hydrogens is 1280 g/mol. The Balaban J connectivity index is 0.904. The van der Waals surface area contributed by atoms with Crippen LogP contribution in [0.15, 0.2) is 23.8 Å². The zero-order chi connectivity index (χ0) is 68.2. The summed E-state index contributed by atoms with van der Waals surface area (Å²) in [4.78, 5) is 28.9. The molecule has 1 spiro atoms. The number of fused-ring (bicyclic) bond motifs is 4. The lowest BCUT2D eigenvalue weighted by molar-refractivity contribution is -0.403. The van der Waals surface area contributed by atoms with Gasteiger partial charge in [-0.2, -0.15) is 16.8 Å². The molecule has 32 nitrogen and oxygen atoms in total. The average Bonchev–Trinajstić information content (AvgIpc) is 1.52. The fourth-order valence-electron chi connectivity index (χ4n) is 17.4. The largest absolute Gasteiger partial charge is 0.458 e. The molecule has 532 valence electrons. The van der Waals surface area contributed by atoms with Crippen LogP contribution in [-0.4, -0.2) is 275 Å². The van der Waals surface area contributed by atoms with Gasteiger partial charge in [-0.05, 0) is 94.8 Å². The fourth-order valence-corrected chi connectivity index (χ4v) is 18.2. The summed E-state index contributed by atoms with van der Waals surface area (Å²) in [6.07, 6.45) is -37.0. The number of methoxy groups -OCH3 is 1. The van der Waals surface area contributed by atoms with Gasteiger partial charge in [-0.25, -0.2) is 8.37 Å². The van der Waals surface area contributed by atoms with E-state index in [0.29, 0.717) is 44.9 Å². The number of hydrogen-bond donors (Lipinski definition) is 12. The van der Waals surface area contributed by atoms with Crippen LogP contribution in [0.3, 0.4) is 0 Å². The van der Waals surface area contributed by atoms with Gasteiger partial charge < -0.3 is 108 Å². The number of esters is 1. The Morgan fingerprint density at radius 2 is 1.29 bits per heavy atom. The summed E-state index contributed by atoms with van der Waals surface area (Å²) < 4.78 is 148. The number of ether oxygens (including phenoxy) is 12. The quantitative estimate of drug-likeness (QED) is 0.0333. The fraction of sp³-hybridized carbons (Fsp3) is 0.898. The smallest absolute Gasteiger partial charge is 0.397 e. The molecule has 0 aromatic rings. The second kappa shape index (κ2) is 27.2. The predicted octanol–water partition coefficient (Wildman–Crippen LogP) is -2.09. The van der Waals surface area contributed by atoms with Crippen molar-refractivity contribution >= 4 is 32.6 Å². The molecule has 0 amide bonds. The summed E-state index contributed by atoms with van der Waals surface area (Å²) in [7, 11) is -9.34. The van der Waals surface area contributed by atoms with Crippen LogP contribution in [0.1, 0.15) is 106 Å². The third kappa shape index (κ3) is 13.5. The number of carbonyl (C=O) groups excluding carboxylic acids is 2. The molecular formula is C59H92O32S2. The molecule has 6 aliphatic heterocycles. The maximum atomic E-state index is 14.5. The van der Waals surface area contributed by atoms with Gasteiger partial charge in [-0.15, -0.1) is 6.58 Å². The number of aliphatic hydroxyl groups is 10. The number of hydrogen-bond acceptors (Lipinski definition) is 30. The molecule has 0 radical (unpaired) electrons.